The first kappa shape index (κ1) is 13.7. The largest absolute Gasteiger partial charge is 0.479 e. The van der Waals surface area contributed by atoms with Crippen LogP contribution in [0.15, 0.2) is 18.2 Å². The number of hydrogen-bond acceptors (Lipinski definition) is 2. The van der Waals surface area contributed by atoms with Crippen LogP contribution in [0.5, 0.6) is 0 Å². The molecule has 0 aliphatic rings. The van der Waals surface area contributed by atoms with Crippen LogP contribution in [0, 0.1) is 0 Å². The van der Waals surface area contributed by atoms with E-state index in [1.165, 1.54) is 0 Å². The fourth-order valence-electron chi connectivity index (χ4n) is 1.67. The molecule has 1 atom stereocenters. The van der Waals surface area contributed by atoms with Gasteiger partial charge in [-0.05, 0) is 28.5 Å². The zero-order valence-corrected chi connectivity index (χ0v) is 10.8. The number of carbonyl (C=O) groups is 1. The molecule has 3 nitrogen and oxygen atoms in total. The van der Waals surface area contributed by atoms with E-state index in [9.17, 15) is 9.90 Å². The first-order valence-corrected chi connectivity index (χ1v) is 5.88. The third-order valence-corrected chi connectivity index (χ3v) is 2.88. The molecule has 0 saturated carbocycles. The van der Waals surface area contributed by atoms with E-state index in [1.807, 2.05) is 0 Å². The summed E-state index contributed by atoms with van der Waals surface area (Å²) >= 11 is 0. The van der Waals surface area contributed by atoms with E-state index in [4.69, 9.17) is 5.11 Å². The lowest BCUT2D eigenvalue weighted by Gasteiger charge is -2.15. The number of carboxylic acid groups (broad SMARTS) is 1. The molecule has 0 heterocycles. The molecule has 3 heteroatoms. The lowest BCUT2D eigenvalue weighted by Crippen LogP contribution is -2.11. The van der Waals surface area contributed by atoms with Gasteiger partial charge in [-0.2, -0.15) is 0 Å². The maximum atomic E-state index is 10.8. The average molecular weight is 236 g/mol. The van der Waals surface area contributed by atoms with Gasteiger partial charge in [-0.25, -0.2) is 4.79 Å². The maximum absolute atomic E-state index is 10.8. The Hall–Kier alpha value is -1.35. The summed E-state index contributed by atoms with van der Waals surface area (Å²) in [4.78, 5) is 10.8. The molecule has 0 radical (unpaired) electrons. The Morgan fingerprint density at radius 2 is 1.29 bits per heavy atom. The number of rotatable bonds is 4. The van der Waals surface area contributed by atoms with Crippen molar-refractivity contribution in [3.8, 4) is 0 Å². The van der Waals surface area contributed by atoms with Gasteiger partial charge < -0.3 is 10.2 Å². The van der Waals surface area contributed by atoms with Crippen molar-refractivity contribution >= 4 is 5.97 Å². The second-order valence-electron chi connectivity index (χ2n) is 4.98. The van der Waals surface area contributed by atoms with E-state index in [0.717, 1.165) is 11.1 Å². The van der Waals surface area contributed by atoms with Gasteiger partial charge in [-0.3, -0.25) is 0 Å². The van der Waals surface area contributed by atoms with Crippen molar-refractivity contribution in [3.63, 3.8) is 0 Å². The van der Waals surface area contributed by atoms with Gasteiger partial charge in [-0.1, -0.05) is 45.9 Å². The van der Waals surface area contributed by atoms with Gasteiger partial charge in [0.1, 0.15) is 0 Å². The summed E-state index contributed by atoms with van der Waals surface area (Å²) in [5.74, 6) is -0.581. The minimum atomic E-state index is -1.44. The highest BCUT2D eigenvalue weighted by Crippen LogP contribution is 2.26. The van der Waals surface area contributed by atoms with E-state index in [2.05, 4.69) is 33.8 Å². The molecule has 94 valence electrons. The molecule has 1 rings (SSSR count). The molecule has 0 aliphatic carbocycles. The summed E-state index contributed by atoms with van der Waals surface area (Å²) < 4.78 is 0. The van der Waals surface area contributed by atoms with Crippen LogP contribution in [0.4, 0.5) is 0 Å². The standard InChI is InChI=1S/C14H20O3/c1-8(2)10-5-11(9(3)4)7-12(6-10)13(15)14(16)17/h5-9,13,15H,1-4H3,(H,16,17)/t13-/m1/s1. The summed E-state index contributed by atoms with van der Waals surface area (Å²) in [6, 6.07) is 5.62. The van der Waals surface area contributed by atoms with Gasteiger partial charge >= 0.3 is 5.97 Å². The highest BCUT2D eigenvalue weighted by atomic mass is 16.4. The molecule has 1 aromatic rings. The van der Waals surface area contributed by atoms with Crippen LogP contribution in [0.2, 0.25) is 0 Å². The summed E-state index contributed by atoms with van der Waals surface area (Å²) in [6.45, 7) is 8.21. The Labute approximate surface area is 102 Å². The molecular formula is C14H20O3. The Bertz CT molecular complexity index is 382. The highest BCUT2D eigenvalue weighted by Gasteiger charge is 2.18. The molecule has 0 amide bonds. The monoisotopic (exact) mass is 236 g/mol. The van der Waals surface area contributed by atoms with Crippen molar-refractivity contribution in [1.29, 1.82) is 0 Å². The molecule has 17 heavy (non-hydrogen) atoms. The van der Waals surface area contributed by atoms with E-state index in [1.54, 1.807) is 12.1 Å². The second kappa shape index (κ2) is 5.32. The van der Waals surface area contributed by atoms with Crippen molar-refractivity contribution < 1.29 is 15.0 Å². The summed E-state index contributed by atoms with van der Waals surface area (Å²) in [6.07, 6.45) is -1.44. The van der Waals surface area contributed by atoms with Crippen molar-refractivity contribution in [2.75, 3.05) is 0 Å². The molecule has 0 fully saturated rings. The Balaban J connectivity index is 3.26. The van der Waals surface area contributed by atoms with E-state index >= 15 is 0 Å². The number of carboxylic acids is 1. The normalized spacial score (nSPS) is 13.1. The zero-order valence-electron chi connectivity index (χ0n) is 10.8. The van der Waals surface area contributed by atoms with Crippen LogP contribution in [-0.4, -0.2) is 16.2 Å². The van der Waals surface area contributed by atoms with Gasteiger partial charge in [0.2, 0.25) is 0 Å². The lowest BCUT2D eigenvalue weighted by molar-refractivity contribution is -0.146. The lowest BCUT2D eigenvalue weighted by atomic mass is 9.91. The predicted molar refractivity (Wildman–Crippen MR) is 67.2 cm³/mol. The van der Waals surface area contributed by atoms with E-state index < -0.39 is 12.1 Å². The number of benzene rings is 1. The molecule has 0 aromatic heterocycles. The third-order valence-electron chi connectivity index (χ3n) is 2.88. The minimum Gasteiger partial charge on any atom is -0.479 e. The van der Waals surface area contributed by atoms with Gasteiger partial charge in [0.05, 0.1) is 0 Å². The predicted octanol–water partition coefficient (Wildman–Crippen LogP) is 3.05. The first-order chi connectivity index (χ1) is 7.82. The fraction of sp³-hybridized carbons (Fsp3) is 0.500. The number of aliphatic carboxylic acids is 1. The minimum absolute atomic E-state index is 0.313. The summed E-state index contributed by atoms with van der Waals surface area (Å²) in [5, 5.41) is 18.5. The average Bonchev–Trinajstić information content (AvgIpc) is 2.27. The van der Waals surface area contributed by atoms with Crippen LogP contribution >= 0.6 is 0 Å². The Morgan fingerprint density at radius 3 is 1.59 bits per heavy atom. The van der Waals surface area contributed by atoms with Crippen LogP contribution in [0.25, 0.3) is 0 Å². The maximum Gasteiger partial charge on any atom is 0.337 e. The Morgan fingerprint density at radius 1 is 0.941 bits per heavy atom. The fourth-order valence-corrected chi connectivity index (χ4v) is 1.67. The Kier molecular flexibility index (Phi) is 4.29. The van der Waals surface area contributed by atoms with E-state index in [-0.39, 0.29) is 0 Å². The molecule has 0 bridgehead atoms. The summed E-state index contributed by atoms with van der Waals surface area (Å²) in [7, 11) is 0. The SMILES string of the molecule is CC(C)c1cc(C(C)C)cc([C@@H](O)C(=O)O)c1. The molecular weight excluding hydrogens is 216 g/mol. The van der Waals surface area contributed by atoms with E-state index in [0.29, 0.717) is 17.4 Å². The zero-order chi connectivity index (χ0) is 13.2. The van der Waals surface area contributed by atoms with Crippen LogP contribution in [0.3, 0.4) is 0 Å². The van der Waals surface area contributed by atoms with Gasteiger partial charge in [0, 0.05) is 0 Å². The van der Waals surface area contributed by atoms with Crippen LogP contribution in [-0.2, 0) is 4.79 Å². The van der Waals surface area contributed by atoms with Crippen LogP contribution < -0.4 is 0 Å². The number of aliphatic hydroxyl groups is 1. The molecule has 1 aromatic carbocycles. The van der Waals surface area contributed by atoms with Gasteiger partial charge in [0.25, 0.3) is 0 Å². The topological polar surface area (TPSA) is 57.5 Å². The van der Waals surface area contributed by atoms with Crippen LogP contribution in [0.1, 0.15) is 62.3 Å². The smallest absolute Gasteiger partial charge is 0.337 e. The summed E-state index contributed by atoms with van der Waals surface area (Å²) in [5.41, 5.74) is 2.59. The van der Waals surface area contributed by atoms with Gasteiger partial charge in [-0.15, -0.1) is 0 Å². The first-order valence-electron chi connectivity index (χ1n) is 5.88. The quantitative estimate of drug-likeness (QED) is 0.844. The number of hydrogen-bond donors (Lipinski definition) is 2. The highest BCUT2D eigenvalue weighted by molar-refractivity contribution is 5.74. The molecule has 0 spiro atoms. The molecule has 2 N–H and O–H groups in total. The molecule has 0 saturated heterocycles. The molecule has 0 unspecified atom stereocenters. The van der Waals surface area contributed by atoms with Crippen molar-refractivity contribution in [2.24, 2.45) is 0 Å². The van der Waals surface area contributed by atoms with Crippen molar-refractivity contribution in [1.82, 2.24) is 0 Å². The number of aliphatic hydroxyl groups excluding tert-OH is 1. The van der Waals surface area contributed by atoms with Gasteiger partial charge in [0.15, 0.2) is 6.10 Å². The van der Waals surface area contributed by atoms with Crippen molar-refractivity contribution in [3.05, 3.63) is 34.9 Å². The third kappa shape index (κ3) is 3.30. The molecule has 0 aliphatic heterocycles. The van der Waals surface area contributed by atoms with Crippen molar-refractivity contribution in [2.45, 2.75) is 45.6 Å². The second-order valence-corrected chi connectivity index (χ2v) is 4.98.